The summed E-state index contributed by atoms with van der Waals surface area (Å²) in [5.74, 6) is 1.31. The van der Waals surface area contributed by atoms with E-state index in [0.717, 1.165) is 49.6 Å². The third kappa shape index (κ3) is 3.70. The van der Waals surface area contributed by atoms with Crippen molar-refractivity contribution in [1.82, 2.24) is 14.6 Å². The fraction of sp³-hybridized carbons (Fsp3) is 0.600. The Bertz CT molecular complexity index is 536. The number of anilines is 1. The summed E-state index contributed by atoms with van der Waals surface area (Å²) in [5, 5.41) is 7.92. The van der Waals surface area contributed by atoms with Crippen LogP contribution in [0.25, 0.3) is 5.52 Å². The molecule has 2 aromatic rings. The molecule has 0 aromatic carbocycles. The molecule has 0 aliphatic rings. The quantitative estimate of drug-likeness (QED) is 0.753. The summed E-state index contributed by atoms with van der Waals surface area (Å²) in [4.78, 5) is 4.40. The van der Waals surface area contributed by atoms with Gasteiger partial charge in [0.05, 0.1) is 5.69 Å². The van der Waals surface area contributed by atoms with Gasteiger partial charge in [0.1, 0.15) is 5.52 Å². The van der Waals surface area contributed by atoms with E-state index in [9.17, 15) is 0 Å². The molecule has 0 amide bonds. The van der Waals surface area contributed by atoms with Gasteiger partial charge < -0.3 is 10.1 Å². The van der Waals surface area contributed by atoms with E-state index in [0.29, 0.717) is 5.92 Å². The molecule has 2 rings (SSSR count). The first kappa shape index (κ1) is 14.8. The Labute approximate surface area is 120 Å². The monoisotopic (exact) mass is 276 g/mol. The summed E-state index contributed by atoms with van der Waals surface area (Å²) < 4.78 is 7.35. The minimum Gasteiger partial charge on any atom is -0.381 e. The Morgan fingerprint density at radius 2 is 2.20 bits per heavy atom. The molecular formula is C15H24N4O. The molecule has 0 bridgehead atoms. The largest absolute Gasteiger partial charge is 0.381 e. The maximum absolute atomic E-state index is 5.47. The molecule has 0 fully saturated rings. The summed E-state index contributed by atoms with van der Waals surface area (Å²) in [6.45, 7) is 8.91. The molecule has 0 saturated carbocycles. The predicted molar refractivity (Wildman–Crippen MR) is 81.3 cm³/mol. The van der Waals surface area contributed by atoms with Gasteiger partial charge in [0.2, 0.25) is 0 Å². The van der Waals surface area contributed by atoms with Crippen LogP contribution in [0.1, 0.15) is 45.2 Å². The van der Waals surface area contributed by atoms with Gasteiger partial charge in [0.15, 0.2) is 5.82 Å². The van der Waals surface area contributed by atoms with Gasteiger partial charge in [-0.3, -0.25) is 0 Å². The molecule has 2 aromatic heterocycles. The third-order valence-corrected chi connectivity index (χ3v) is 3.11. The standard InChI is InChI=1S/C15H24N4O/c1-4-9-20-10-5-6-16-15-14-11-13(12(2)3)18-19(14)8-7-17-15/h7-8,11-12H,4-6,9-10H2,1-3H3,(H,16,17). The lowest BCUT2D eigenvalue weighted by molar-refractivity contribution is 0.134. The van der Waals surface area contributed by atoms with E-state index in [1.165, 1.54) is 0 Å². The Hall–Kier alpha value is -1.62. The van der Waals surface area contributed by atoms with Crippen LogP contribution < -0.4 is 5.32 Å². The molecule has 0 aliphatic carbocycles. The second-order valence-corrected chi connectivity index (χ2v) is 5.22. The number of fused-ring (bicyclic) bond motifs is 1. The first-order valence-electron chi connectivity index (χ1n) is 7.38. The van der Waals surface area contributed by atoms with Crippen LogP contribution in [0.4, 0.5) is 5.82 Å². The van der Waals surface area contributed by atoms with Gasteiger partial charge >= 0.3 is 0 Å². The number of nitrogens with zero attached hydrogens (tertiary/aromatic N) is 3. The van der Waals surface area contributed by atoms with E-state index in [4.69, 9.17) is 4.74 Å². The number of nitrogens with one attached hydrogen (secondary N) is 1. The van der Waals surface area contributed by atoms with Crippen LogP contribution in [0.3, 0.4) is 0 Å². The van der Waals surface area contributed by atoms with Gasteiger partial charge in [-0.1, -0.05) is 20.8 Å². The van der Waals surface area contributed by atoms with E-state index in [1.54, 1.807) is 6.20 Å². The molecule has 20 heavy (non-hydrogen) atoms. The topological polar surface area (TPSA) is 51.5 Å². The van der Waals surface area contributed by atoms with Crippen LogP contribution in [0, 0.1) is 0 Å². The van der Waals surface area contributed by atoms with E-state index in [-0.39, 0.29) is 0 Å². The van der Waals surface area contributed by atoms with Crippen LogP contribution in [0.15, 0.2) is 18.5 Å². The van der Waals surface area contributed by atoms with Gasteiger partial charge in [0.25, 0.3) is 0 Å². The lowest BCUT2D eigenvalue weighted by Gasteiger charge is -2.07. The van der Waals surface area contributed by atoms with Crippen molar-refractivity contribution in [2.24, 2.45) is 0 Å². The molecular weight excluding hydrogens is 252 g/mol. The fourth-order valence-electron chi connectivity index (χ4n) is 1.99. The van der Waals surface area contributed by atoms with Crippen molar-refractivity contribution in [2.45, 2.75) is 39.5 Å². The first-order valence-corrected chi connectivity index (χ1v) is 7.38. The van der Waals surface area contributed by atoms with Gasteiger partial charge in [-0.15, -0.1) is 0 Å². The van der Waals surface area contributed by atoms with Crippen LogP contribution >= 0.6 is 0 Å². The number of aromatic nitrogens is 3. The summed E-state index contributed by atoms with van der Waals surface area (Å²) in [6.07, 6.45) is 5.72. The highest BCUT2D eigenvalue weighted by molar-refractivity contribution is 5.67. The van der Waals surface area contributed by atoms with Gasteiger partial charge in [-0.2, -0.15) is 5.10 Å². The average molecular weight is 276 g/mol. The average Bonchev–Trinajstić information content (AvgIpc) is 2.87. The number of hydrogen-bond donors (Lipinski definition) is 1. The highest BCUT2D eigenvalue weighted by atomic mass is 16.5. The van der Waals surface area contributed by atoms with E-state index in [2.05, 4.69) is 42.2 Å². The molecule has 0 atom stereocenters. The fourth-order valence-corrected chi connectivity index (χ4v) is 1.99. The SMILES string of the molecule is CCCOCCCNc1nccn2nc(C(C)C)cc12. The van der Waals surface area contributed by atoms with Crippen molar-refractivity contribution in [2.75, 3.05) is 25.1 Å². The molecule has 5 nitrogen and oxygen atoms in total. The van der Waals surface area contributed by atoms with Crippen LogP contribution in [0.5, 0.6) is 0 Å². The van der Waals surface area contributed by atoms with Crippen molar-refractivity contribution < 1.29 is 4.74 Å². The summed E-state index contributed by atoms with van der Waals surface area (Å²) in [7, 11) is 0. The molecule has 110 valence electrons. The number of rotatable bonds is 8. The summed E-state index contributed by atoms with van der Waals surface area (Å²) in [5.41, 5.74) is 2.12. The molecule has 5 heteroatoms. The van der Waals surface area contributed by atoms with E-state index in [1.807, 2.05) is 10.7 Å². The number of ether oxygens (including phenoxy) is 1. The zero-order chi connectivity index (χ0) is 14.4. The Morgan fingerprint density at radius 3 is 2.95 bits per heavy atom. The normalized spacial score (nSPS) is 11.4. The molecule has 0 saturated heterocycles. The minimum atomic E-state index is 0.421. The lowest BCUT2D eigenvalue weighted by atomic mass is 10.1. The maximum Gasteiger partial charge on any atom is 0.152 e. The van der Waals surface area contributed by atoms with Crippen molar-refractivity contribution in [3.63, 3.8) is 0 Å². The maximum atomic E-state index is 5.47. The van der Waals surface area contributed by atoms with Crippen LogP contribution in [0.2, 0.25) is 0 Å². The zero-order valence-corrected chi connectivity index (χ0v) is 12.6. The smallest absolute Gasteiger partial charge is 0.152 e. The third-order valence-electron chi connectivity index (χ3n) is 3.11. The Balaban J connectivity index is 1.95. The number of hydrogen-bond acceptors (Lipinski definition) is 4. The summed E-state index contributed by atoms with van der Waals surface area (Å²) in [6, 6.07) is 2.10. The molecule has 2 heterocycles. The molecule has 0 radical (unpaired) electrons. The second kappa shape index (κ2) is 7.24. The Kier molecular flexibility index (Phi) is 5.35. The first-order chi connectivity index (χ1) is 9.72. The molecule has 0 aliphatic heterocycles. The highest BCUT2D eigenvalue weighted by Gasteiger charge is 2.09. The van der Waals surface area contributed by atoms with Crippen molar-refractivity contribution in [1.29, 1.82) is 0 Å². The minimum absolute atomic E-state index is 0.421. The van der Waals surface area contributed by atoms with Gasteiger partial charge in [-0.05, 0) is 24.8 Å². The molecule has 1 N–H and O–H groups in total. The van der Waals surface area contributed by atoms with E-state index >= 15 is 0 Å². The highest BCUT2D eigenvalue weighted by Crippen LogP contribution is 2.19. The predicted octanol–water partition coefficient (Wildman–Crippen LogP) is 3.08. The van der Waals surface area contributed by atoms with E-state index < -0.39 is 0 Å². The van der Waals surface area contributed by atoms with Gasteiger partial charge in [-0.25, -0.2) is 9.50 Å². The van der Waals surface area contributed by atoms with Gasteiger partial charge in [0, 0.05) is 32.2 Å². The van der Waals surface area contributed by atoms with Crippen molar-refractivity contribution >= 4 is 11.3 Å². The molecule has 0 spiro atoms. The Morgan fingerprint density at radius 1 is 1.35 bits per heavy atom. The van der Waals surface area contributed by atoms with Crippen molar-refractivity contribution in [3.8, 4) is 0 Å². The van der Waals surface area contributed by atoms with Crippen LogP contribution in [-0.4, -0.2) is 34.4 Å². The lowest BCUT2D eigenvalue weighted by Crippen LogP contribution is -2.08. The molecule has 0 unspecified atom stereocenters. The second-order valence-electron chi connectivity index (χ2n) is 5.22. The van der Waals surface area contributed by atoms with Crippen molar-refractivity contribution in [3.05, 3.63) is 24.2 Å². The van der Waals surface area contributed by atoms with Crippen LogP contribution in [-0.2, 0) is 4.74 Å². The zero-order valence-electron chi connectivity index (χ0n) is 12.6. The summed E-state index contributed by atoms with van der Waals surface area (Å²) >= 11 is 0.